The molecule has 1 heterocycles. The van der Waals surface area contributed by atoms with Crippen LogP contribution in [0.4, 0.5) is 11.4 Å². The van der Waals surface area contributed by atoms with Crippen LogP contribution in [0, 0.1) is 12.8 Å². The number of para-hydroxylation sites is 1. The fourth-order valence-electron chi connectivity index (χ4n) is 4.00. The van der Waals surface area contributed by atoms with Crippen LogP contribution < -0.4 is 14.9 Å². The van der Waals surface area contributed by atoms with Crippen molar-refractivity contribution in [2.45, 2.75) is 24.7 Å². The summed E-state index contributed by atoms with van der Waals surface area (Å²) in [5, 5.41) is 2.80. The van der Waals surface area contributed by atoms with Gasteiger partial charge in [0, 0.05) is 30.9 Å². The molecule has 0 aromatic heterocycles. The van der Waals surface area contributed by atoms with Crippen molar-refractivity contribution in [1.29, 1.82) is 0 Å². The minimum absolute atomic E-state index is 0.0857. The molecule has 1 aliphatic rings. The van der Waals surface area contributed by atoms with Gasteiger partial charge in [0.15, 0.2) is 0 Å². The first-order valence-electron chi connectivity index (χ1n) is 11.1. The first-order valence-corrected chi connectivity index (χ1v) is 12.6. The lowest BCUT2D eigenvalue weighted by atomic mass is 10.1. The molecule has 0 spiro atoms. The van der Waals surface area contributed by atoms with Gasteiger partial charge < -0.3 is 10.2 Å². The molecule has 3 aromatic carbocycles. The second-order valence-electron chi connectivity index (χ2n) is 8.34. The van der Waals surface area contributed by atoms with Crippen LogP contribution in [-0.4, -0.2) is 33.3 Å². The Balaban J connectivity index is 1.33. The summed E-state index contributed by atoms with van der Waals surface area (Å²) in [5.74, 6) is -0.825. The lowest BCUT2D eigenvalue weighted by Crippen LogP contribution is -2.28. The Hall–Kier alpha value is -3.49. The highest BCUT2D eigenvalue weighted by atomic mass is 32.2. The largest absolute Gasteiger partial charge is 0.326 e. The summed E-state index contributed by atoms with van der Waals surface area (Å²) in [7, 11) is -3.65. The summed E-state index contributed by atoms with van der Waals surface area (Å²) in [6, 6.07) is 23.3. The molecule has 7 nitrogen and oxygen atoms in total. The van der Waals surface area contributed by atoms with Gasteiger partial charge in [-0.25, -0.2) is 13.1 Å². The van der Waals surface area contributed by atoms with Crippen LogP contribution in [0.5, 0.6) is 0 Å². The van der Waals surface area contributed by atoms with E-state index < -0.39 is 15.9 Å². The Labute approximate surface area is 199 Å². The maximum atomic E-state index is 12.8. The number of rotatable bonds is 8. The second-order valence-corrected chi connectivity index (χ2v) is 10.1. The third-order valence-electron chi connectivity index (χ3n) is 5.88. The third-order valence-corrected chi connectivity index (χ3v) is 7.36. The number of aryl methyl sites for hydroxylation is 1. The summed E-state index contributed by atoms with van der Waals surface area (Å²) in [6.07, 6.45) is 0.728. The highest BCUT2D eigenvalue weighted by Gasteiger charge is 2.35. The zero-order valence-electron chi connectivity index (χ0n) is 18.9. The highest BCUT2D eigenvalue weighted by molar-refractivity contribution is 7.89. The van der Waals surface area contributed by atoms with Gasteiger partial charge in [-0.3, -0.25) is 9.59 Å². The molecule has 2 amide bonds. The monoisotopic (exact) mass is 477 g/mol. The lowest BCUT2D eigenvalue weighted by Gasteiger charge is -2.19. The summed E-state index contributed by atoms with van der Waals surface area (Å²) in [6.45, 7) is 2.54. The van der Waals surface area contributed by atoms with E-state index in [4.69, 9.17) is 0 Å². The Morgan fingerprint density at radius 3 is 2.35 bits per heavy atom. The van der Waals surface area contributed by atoms with E-state index in [-0.39, 0.29) is 29.7 Å². The Morgan fingerprint density at radius 1 is 0.971 bits per heavy atom. The van der Waals surface area contributed by atoms with Crippen LogP contribution in [0.2, 0.25) is 0 Å². The number of carbonyl (C=O) groups excluding carboxylic acids is 2. The topological polar surface area (TPSA) is 95.6 Å². The number of amides is 2. The normalized spacial score (nSPS) is 16.0. The number of hydrogen-bond acceptors (Lipinski definition) is 4. The van der Waals surface area contributed by atoms with Crippen LogP contribution >= 0.6 is 0 Å². The molecule has 1 aliphatic heterocycles. The van der Waals surface area contributed by atoms with Crippen molar-refractivity contribution in [3.05, 3.63) is 90.0 Å². The Kier molecular flexibility index (Phi) is 7.09. The first kappa shape index (κ1) is 23.7. The van der Waals surface area contributed by atoms with E-state index in [1.54, 1.807) is 17.0 Å². The van der Waals surface area contributed by atoms with Crippen LogP contribution in [0.25, 0.3) is 0 Å². The molecular weight excluding hydrogens is 450 g/mol. The maximum Gasteiger partial charge on any atom is 0.240 e. The van der Waals surface area contributed by atoms with Crippen molar-refractivity contribution in [2.24, 2.45) is 5.92 Å². The van der Waals surface area contributed by atoms with E-state index in [1.807, 2.05) is 61.5 Å². The highest BCUT2D eigenvalue weighted by Crippen LogP contribution is 2.28. The number of hydrogen-bond donors (Lipinski definition) is 2. The third kappa shape index (κ3) is 5.52. The van der Waals surface area contributed by atoms with E-state index in [9.17, 15) is 18.0 Å². The van der Waals surface area contributed by atoms with E-state index >= 15 is 0 Å². The number of nitrogens with zero attached hydrogens (tertiary/aromatic N) is 1. The van der Waals surface area contributed by atoms with Crippen molar-refractivity contribution >= 4 is 33.2 Å². The average Bonchev–Trinajstić information content (AvgIpc) is 3.22. The zero-order valence-corrected chi connectivity index (χ0v) is 19.7. The molecule has 0 aliphatic carbocycles. The molecule has 4 rings (SSSR count). The fourth-order valence-corrected chi connectivity index (χ4v) is 5.03. The van der Waals surface area contributed by atoms with Gasteiger partial charge in [0.05, 0.1) is 10.8 Å². The van der Waals surface area contributed by atoms with Gasteiger partial charge in [-0.2, -0.15) is 0 Å². The number of carbonyl (C=O) groups is 2. The van der Waals surface area contributed by atoms with E-state index in [0.29, 0.717) is 18.7 Å². The van der Waals surface area contributed by atoms with Gasteiger partial charge >= 0.3 is 0 Å². The minimum Gasteiger partial charge on any atom is -0.326 e. The van der Waals surface area contributed by atoms with Crippen molar-refractivity contribution in [2.75, 3.05) is 23.3 Å². The molecule has 1 unspecified atom stereocenters. The quantitative estimate of drug-likeness (QED) is 0.519. The van der Waals surface area contributed by atoms with Gasteiger partial charge in [-0.1, -0.05) is 48.5 Å². The van der Waals surface area contributed by atoms with Gasteiger partial charge in [0.1, 0.15) is 0 Å². The summed E-state index contributed by atoms with van der Waals surface area (Å²) in [4.78, 5) is 27.0. The lowest BCUT2D eigenvalue weighted by molar-refractivity contribution is -0.122. The summed E-state index contributed by atoms with van der Waals surface area (Å²) < 4.78 is 27.7. The molecular formula is C26H27N3O4S. The van der Waals surface area contributed by atoms with Crippen LogP contribution in [-0.2, 0) is 26.0 Å². The van der Waals surface area contributed by atoms with E-state index in [0.717, 1.165) is 16.8 Å². The zero-order chi connectivity index (χ0) is 24.1. The molecule has 34 heavy (non-hydrogen) atoms. The first-order chi connectivity index (χ1) is 16.3. The van der Waals surface area contributed by atoms with Gasteiger partial charge in [0.2, 0.25) is 21.8 Å². The molecule has 2 N–H and O–H groups in total. The molecule has 0 bridgehead atoms. The smallest absolute Gasteiger partial charge is 0.240 e. The Bertz CT molecular complexity index is 1270. The van der Waals surface area contributed by atoms with Crippen LogP contribution in [0.15, 0.2) is 83.8 Å². The predicted octanol–water partition coefficient (Wildman–Crippen LogP) is 3.51. The van der Waals surface area contributed by atoms with Gasteiger partial charge in [-0.15, -0.1) is 0 Å². The van der Waals surface area contributed by atoms with Crippen molar-refractivity contribution in [3.8, 4) is 0 Å². The summed E-state index contributed by atoms with van der Waals surface area (Å²) in [5.41, 5.74) is 3.33. The van der Waals surface area contributed by atoms with Crippen molar-refractivity contribution in [3.63, 3.8) is 0 Å². The predicted molar refractivity (Wildman–Crippen MR) is 132 cm³/mol. The maximum absolute atomic E-state index is 12.8. The van der Waals surface area contributed by atoms with Crippen LogP contribution in [0.1, 0.15) is 17.5 Å². The standard InChI is InChI=1S/C26H27N3O4S/c1-19-7-5-6-10-24(19)29-18-21(17-25(29)30)26(31)28-22-11-13-23(14-12-22)34(32,33)27-16-15-20-8-3-2-4-9-20/h2-14,21,27H,15-18H2,1H3,(H,28,31). The Morgan fingerprint density at radius 2 is 1.65 bits per heavy atom. The number of nitrogens with one attached hydrogen (secondary N) is 2. The molecule has 0 radical (unpaired) electrons. The van der Waals surface area contributed by atoms with E-state index in [1.165, 1.54) is 12.1 Å². The number of sulfonamides is 1. The summed E-state index contributed by atoms with van der Waals surface area (Å²) >= 11 is 0. The van der Waals surface area contributed by atoms with Gasteiger partial charge in [0.25, 0.3) is 0 Å². The molecule has 1 saturated heterocycles. The molecule has 8 heteroatoms. The van der Waals surface area contributed by atoms with Gasteiger partial charge in [-0.05, 0) is 54.8 Å². The van der Waals surface area contributed by atoms with Crippen molar-refractivity contribution in [1.82, 2.24) is 4.72 Å². The molecule has 0 saturated carbocycles. The number of benzene rings is 3. The minimum atomic E-state index is -3.65. The fraction of sp³-hybridized carbons (Fsp3) is 0.231. The van der Waals surface area contributed by atoms with Crippen molar-refractivity contribution < 1.29 is 18.0 Å². The van der Waals surface area contributed by atoms with E-state index in [2.05, 4.69) is 10.0 Å². The molecule has 176 valence electrons. The SMILES string of the molecule is Cc1ccccc1N1CC(C(=O)Nc2ccc(S(=O)(=O)NCCc3ccccc3)cc2)CC1=O. The molecule has 3 aromatic rings. The average molecular weight is 478 g/mol. The van der Waals surface area contributed by atoms with Crippen LogP contribution in [0.3, 0.4) is 0 Å². The molecule has 1 atom stereocenters. The second kappa shape index (κ2) is 10.2. The molecule has 1 fully saturated rings. The number of anilines is 2.